The second-order valence-corrected chi connectivity index (χ2v) is 3.87. The van der Waals surface area contributed by atoms with Crippen molar-refractivity contribution >= 4 is 0 Å². The van der Waals surface area contributed by atoms with Gasteiger partial charge in [-0.3, -0.25) is 0 Å². The molecule has 0 bridgehead atoms. The van der Waals surface area contributed by atoms with E-state index < -0.39 is 0 Å². The summed E-state index contributed by atoms with van der Waals surface area (Å²) in [5.41, 5.74) is 5.64. The summed E-state index contributed by atoms with van der Waals surface area (Å²) in [7, 11) is 0. The van der Waals surface area contributed by atoms with Gasteiger partial charge in [0.15, 0.2) is 5.82 Å². The van der Waals surface area contributed by atoms with E-state index in [0.717, 1.165) is 25.1 Å². The standard InChI is InChI=1S/C10H19N3O/c1-4-7(2)10-12-9(14-13-10)6-5-8(3)11/h7-8H,4-6,11H2,1-3H3. The minimum Gasteiger partial charge on any atom is -0.339 e. The van der Waals surface area contributed by atoms with E-state index in [4.69, 9.17) is 10.3 Å². The smallest absolute Gasteiger partial charge is 0.226 e. The summed E-state index contributed by atoms with van der Waals surface area (Å²) in [5, 5.41) is 3.94. The molecule has 80 valence electrons. The van der Waals surface area contributed by atoms with Gasteiger partial charge in [0.05, 0.1) is 0 Å². The molecule has 1 rings (SSSR count). The Balaban J connectivity index is 2.50. The third-order valence-corrected chi connectivity index (χ3v) is 2.35. The molecule has 0 aliphatic rings. The Bertz CT molecular complexity index is 270. The second-order valence-electron chi connectivity index (χ2n) is 3.87. The van der Waals surface area contributed by atoms with Crippen LogP contribution in [0.4, 0.5) is 0 Å². The van der Waals surface area contributed by atoms with Crippen molar-refractivity contribution in [3.05, 3.63) is 11.7 Å². The van der Waals surface area contributed by atoms with Crippen LogP contribution in [0.1, 0.15) is 51.2 Å². The number of hydrogen-bond donors (Lipinski definition) is 1. The van der Waals surface area contributed by atoms with Crippen LogP contribution in [-0.4, -0.2) is 16.2 Å². The van der Waals surface area contributed by atoms with Gasteiger partial charge >= 0.3 is 0 Å². The third-order valence-electron chi connectivity index (χ3n) is 2.35. The van der Waals surface area contributed by atoms with Gasteiger partial charge in [-0.25, -0.2) is 0 Å². The van der Waals surface area contributed by atoms with Crippen LogP contribution in [0.15, 0.2) is 4.52 Å². The first-order valence-corrected chi connectivity index (χ1v) is 5.21. The number of aromatic nitrogens is 2. The third kappa shape index (κ3) is 3.10. The largest absolute Gasteiger partial charge is 0.339 e. The normalized spacial score (nSPS) is 15.4. The van der Waals surface area contributed by atoms with Crippen LogP contribution in [0.25, 0.3) is 0 Å². The number of aryl methyl sites for hydroxylation is 1. The monoisotopic (exact) mass is 197 g/mol. The molecule has 1 aromatic heterocycles. The average molecular weight is 197 g/mol. The van der Waals surface area contributed by atoms with Gasteiger partial charge in [0.25, 0.3) is 0 Å². The molecule has 1 heterocycles. The molecule has 0 fully saturated rings. The molecule has 0 aliphatic heterocycles. The lowest BCUT2D eigenvalue weighted by Gasteiger charge is -2.00. The molecule has 0 aliphatic carbocycles. The molecular weight excluding hydrogens is 178 g/mol. The van der Waals surface area contributed by atoms with Gasteiger partial charge in [-0.05, 0) is 19.8 Å². The minimum atomic E-state index is 0.189. The molecule has 4 nitrogen and oxygen atoms in total. The highest BCUT2D eigenvalue weighted by molar-refractivity contribution is 4.93. The lowest BCUT2D eigenvalue weighted by molar-refractivity contribution is 0.364. The molecule has 1 aromatic rings. The summed E-state index contributed by atoms with van der Waals surface area (Å²) in [6.45, 7) is 6.19. The van der Waals surface area contributed by atoms with Gasteiger partial charge in [0.1, 0.15) is 0 Å². The fraction of sp³-hybridized carbons (Fsp3) is 0.800. The van der Waals surface area contributed by atoms with Crippen molar-refractivity contribution in [1.82, 2.24) is 10.1 Å². The first kappa shape index (κ1) is 11.2. The van der Waals surface area contributed by atoms with Gasteiger partial charge in [0.2, 0.25) is 5.89 Å². The summed E-state index contributed by atoms with van der Waals surface area (Å²) in [6.07, 6.45) is 2.70. The van der Waals surface area contributed by atoms with Crippen molar-refractivity contribution in [2.75, 3.05) is 0 Å². The number of hydrogen-bond acceptors (Lipinski definition) is 4. The topological polar surface area (TPSA) is 64.9 Å². The SMILES string of the molecule is CCC(C)c1noc(CCC(C)N)n1. The van der Waals surface area contributed by atoms with Crippen molar-refractivity contribution in [1.29, 1.82) is 0 Å². The minimum absolute atomic E-state index is 0.189. The molecule has 0 amide bonds. The van der Waals surface area contributed by atoms with Crippen LogP contribution in [0.3, 0.4) is 0 Å². The van der Waals surface area contributed by atoms with Crippen molar-refractivity contribution in [2.24, 2.45) is 5.73 Å². The maximum atomic E-state index is 5.64. The Hall–Kier alpha value is -0.900. The van der Waals surface area contributed by atoms with Crippen molar-refractivity contribution in [3.63, 3.8) is 0 Å². The van der Waals surface area contributed by atoms with E-state index in [0.29, 0.717) is 11.8 Å². The Morgan fingerprint density at radius 2 is 2.14 bits per heavy atom. The summed E-state index contributed by atoms with van der Waals surface area (Å²) in [4.78, 5) is 4.32. The van der Waals surface area contributed by atoms with Crippen LogP contribution in [-0.2, 0) is 6.42 Å². The van der Waals surface area contributed by atoms with E-state index in [9.17, 15) is 0 Å². The molecule has 4 heteroatoms. The molecule has 14 heavy (non-hydrogen) atoms. The zero-order valence-electron chi connectivity index (χ0n) is 9.16. The molecule has 2 atom stereocenters. The number of nitrogens with two attached hydrogens (primary N) is 1. The van der Waals surface area contributed by atoms with Crippen LogP contribution in [0, 0.1) is 0 Å². The quantitative estimate of drug-likeness (QED) is 0.782. The Labute approximate surface area is 84.9 Å². The van der Waals surface area contributed by atoms with Crippen molar-refractivity contribution in [2.45, 2.75) is 52.0 Å². The van der Waals surface area contributed by atoms with Crippen LogP contribution in [0.2, 0.25) is 0 Å². The average Bonchev–Trinajstić information content (AvgIpc) is 2.62. The molecule has 0 aromatic carbocycles. The number of rotatable bonds is 5. The second kappa shape index (κ2) is 5.10. The predicted octanol–water partition coefficient (Wildman–Crippen LogP) is 1.86. The first-order valence-electron chi connectivity index (χ1n) is 5.21. The van der Waals surface area contributed by atoms with E-state index in [1.807, 2.05) is 6.92 Å². The van der Waals surface area contributed by atoms with Crippen LogP contribution >= 0.6 is 0 Å². The molecule has 0 radical (unpaired) electrons. The Morgan fingerprint density at radius 1 is 1.43 bits per heavy atom. The van der Waals surface area contributed by atoms with E-state index in [2.05, 4.69) is 24.0 Å². The van der Waals surface area contributed by atoms with E-state index in [-0.39, 0.29) is 6.04 Å². The predicted molar refractivity (Wildman–Crippen MR) is 55.0 cm³/mol. The lowest BCUT2D eigenvalue weighted by atomic mass is 10.1. The lowest BCUT2D eigenvalue weighted by Crippen LogP contribution is -2.15. The first-order chi connectivity index (χ1) is 6.63. The summed E-state index contributed by atoms with van der Waals surface area (Å²) < 4.78 is 5.12. The Morgan fingerprint density at radius 3 is 2.71 bits per heavy atom. The molecule has 0 spiro atoms. The number of nitrogens with zero attached hydrogens (tertiary/aromatic N) is 2. The summed E-state index contributed by atoms with van der Waals surface area (Å²) in [5.74, 6) is 1.90. The molecule has 0 saturated carbocycles. The highest BCUT2D eigenvalue weighted by atomic mass is 16.5. The molecule has 2 unspecified atom stereocenters. The highest BCUT2D eigenvalue weighted by Gasteiger charge is 2.11. The highest BCUT2D eigenvalue weighted by Crippen LogP contribution is 2.15. The van der Waals surface area contributed by atoms with E-state index in [1.54, 1.807) is 0 Å². The fourth-order valence-electron chi connectivity index (χ4n) is 1.10. The van der Waals surface area contributed by atoms with Gasteiger partial charge in [0, 0.05) is 18.4 Å². The Kier molecular flexibility index (Phi) is 4.07. The maximum absolute atomic E-state index is 5.64. The maximum Gasteiger partial charge on any atom is 0.226 e. The summed E-state index contributed by atoms with van der Waals surface area (Å²) in [6, 6.07) is 0.189. The zero-order chi connectivity index (χ0) is 10.6. The molecule has 0 saturated heterocycles. The van der Waals surface area contributed by atoms with Crippen LogP contribution < -0.4 is 5.73 Å². The zero-order valence-corrected chi connectivity index (χ0v) is 9.16. The van der Waals surface area contributed by atoms with Gasteiger partial charge in [-0.15, -0.1) is 0 Å². The fourth-order valence-corrected chi connectivity index (χ4v) is 1.10. The van der Waals surface area contributed by atoms with Gasteiger partial charge in [-0.1, -0.05) is 19.0 Å². The van der Waals surface area contributed by atoms with E-state index >= 15 is 0 Å². The molecular formula is C10H19N3O. The van der Waals surface area contributed by atoms with E-state index in [1.165, 1.54) is 0 Å². The van der Waals surface area contributed by atoms with Gasteiger partial charge in [-0.2, -0.15) is 4.98 Å². The van der Waals surface area contributed by atoms with Crippen LogP contribution in [0.5, 0.6) is 0 Å². The summed E-state index contributed by atoms with van der Waals surface area (Å²) >= 11 is 0. The van der Waals surface area contributed by atoms with Gasteiger partial charge < -0.3 is 10.3 Å². The molecule has 2 N–H and O–H groups in total. The van der Waals surface area contributed by atoms with Crippen molar-refractivity contribution in [3.8, 4) is 0 Å². The van der Waals surface area contributed by atoms with Crippen molar-refractivity contribution < 1.29 is 4.52 Å².